The molecule has 0 spiro atoms. The van der Waals surface area contributed by atoms with Crippen LogP contribution in [0.15, 0.2) is 0 Å². The van der Waals surface area contributed by atoms with E-state index in [1.807, 2.05) is 0 Å². The molecule has 0 unspecified atom stereocenters. The predicted molar refractivity (Wildman–Crippen MR) is 81.0 cm³/mol. The van der Waals surface area contributed by atoms with Gasteiger partial charge < -0.3 is 0 Å². The number of aryl methyl sites for hydroxylation is 2. The molecule has 5 heteroatoms. The third-order valence-electron chi connectivity index (χ3n) is 3.99. The van der Waals surface area contributed by atoms with Crippen molar-refractivity contribution in [1.29, 1.82) is 0 Å². The highest BCUT2D eigenvalue weighted by molar-refractivity contribution is 6.31. The average Bonchev–Trinajstić information content (AvgIpc) is 2.76. The highest BCUT2D eigenvalue weighted by Crippen LogP contribution is 2.25. The van der Waals surface area contributed by atoms with Gasteiger partial charge in [-0.2, -0.15) is 5.10 Å². The Morgan fingerprint density at radius 1 is 1.26 bits per heavy atom. The Hall–Kier alpha value is -0.250. The number of piperidine rings is 1. The Morgan fingerprint density at radius 3 is 2.47 bits per heavy atom. The van der Waals surface area contributed by atoms with Crippen LogP contribution in [0.2, 0.25) is 5.02 Å². The van der Waals surface area contributed by atoms with Gasteiger partial charge in [-0.05, 0) is 45.2 Å². The largest absolute Gasteiger partial charge is 0.297 e. The van der Waals surface area contributed by atoms with E-state index in [1.165, 1.54) is 18.5 Å². The lowest BCUT2D eigenvalue weighted by Crippen LogP contribution is -2.34. The number of likely N-dealkylation sites (tertiary alicyclic amines) is 1. The molecule has 19 heavy (non-hydrogen) atoms. The van der Waals surface area contributed by atoms with Crippen molar-refractivity contribution in [3.05, 3.63) is 16.4 Å². The predicted octanol–water partition coefficient (Wildman–Crippen LogP) is 3.57. The zero-order valence-corrected chi connectivity index (χ0v) is 13.3. The molecule has 2 heterocycles. The van der Waals surface area contributed by atoms with Crippen LogP contribution in [-0.2, 0) is 19.5 Å². The molecular formula is C14H23Cl2N3. The van der Waals surface area contributed by atoms with Crippen LogP contribution in [-0.4, -0.2) is 33.6 Å². The van der Waals surface area contributed by atoms with Crippen molar-refractivity contribution < 1.29 is 0 Å². The number of alkyl halides is 1. The summed E-state index contributed by atoms with van der Waals surface area (Å²) in [5, 5.41) is 5.44. The molecule has 108 valence electrons. The first-order valence-corrected chi connectivity index (χ1v) is 8.13. The van der Waals surface area contributed by atoms with Gasteiger partial charge in [-0.3, -0.25) is 9.58 Å². The minimum Gasteiger partial charge on any atom is -0.297 e. The Labute approximate surface area is 125 Å². The third-order valence-corrected chi connectivity index (χ3v) is 4.87. The minimum absolute atomic E-state index is 0.690. The lowest BCUT2D eigenvalue weighted by molar-refractivity contribution is 0.182. The van der Waals surface area contributed by atoms with Gasteiger partial charge in [0.1, 0.15) is 0 Å². The van der Waals surface area contributed by atoms with E-state index >= 15 is 0 Å². The lowest BCUT2D eigenvalue weighted by atomic mass is 9.99. The summed E-state index contributed by atoms with van der Waals surface area (Å²) in [6, 6.07) is 0. The van der Waals surface area contributed by atoms with E-state index in [-0.39, 0.29) is 0 Å². The van der Waals surface area contributed by atoms with Crippen LogP contribution in [0.4, 0.5) is 0 Å². The van der Waals surface area contributed by atoms with Gasteiger partial charge in [0, 0.05) is 19.0 Å². The van der Waals surface area contributed by atoms with Gasteiger partial charge in [0.05, 0.1) is 16.4 Å². The second-order valence-electron chi connectivity index (χ2n) is 5.25. The number of rotatable bonds is 5. The summed E-state index contributed by atoms with van der Waals surface area (Å²) in [4.78, 5) is 2.47. The normalized spacial score (nSPS) is 18.1. The molecule has 1 aromatic heterocycles. The summed E-state index contributed by atoms with van der Waals surface area (Å²) < 4.78 is 2.05. The fourth-order valence-corrected chi connectivity index (χ4v) is 3.32. The monoisotopic (exact) mass is 303 g/mol. The van der Waals surface area contributed by atoms with Crippen molar-refractivity contribution >= 4 is 23.2 Å². The second kappa shape index (κ2) is 6.96. The fourth-order valence-electron chi connectivity index (χ4n) is 2.68. The molecule has 0 bridgehead atoms. The van der Waals surface area contributed by atoms with Gasteiger partial charge in [-0.1, -0.05) is 18.5 Å². The Bertz CT molecular complexity index is 409. The summed E-state index contributed by atoms with van der Waals surface area (Å²) in [5.74, 6) is 1.48. The highest BCUT2D eigenvalue weighted by atomic mass is 35.5. The van der Waals surface area contributed by atoms with E-state index in [4.69, 9.17) is 23.2 Å². The number of hydrogen-bond donors (Lipinski definition) is 0. The average molecular weight is 304 g/mol. The maximum absolute atomic E-state index is 6.45. The Morgan fingerprint density at radius 2 is 1.95 bits per heavy atom. The first kappa shape index (κ1) is 15.1. The van der Waals surface area contributed by atoms with Crippen LogP contribution in [0, 0.1) is 5.92 Å². The zero-order valence-electron chi connectivity index (χ0n) is 11.8. The molecule has 3 nitrogen and oxygen atoms in total. The molecule has 0 aliphatic carbocycles. The van der Waals surface area contributed by atoms with Gasteiger partial charge in [0.15, 0.2) is 0 Å². The summed E-state index contributed by atoms with van der Waals surface area (Å²) in [6.07, 6.45) is 3.29. The number of halogens is 2. The van der Waals surface area contributed by atoms with Crippen LogP contribution in [0.5, 0.6) is 0 Å². The van der Waals surface area contributed by atoms with E-state index in [1.54, 1.807) is 0 Å². The van der Waals surface area contributed by atoms with Crippen LogP contribution in [0.1, 0.15) is 38.1 Å². The topological polar surface area (TPSA) is 21.1 Å². The molecule has 0 amide bonds. The van der Waals surface area contributed by atoms with E-state index in [0.717, 1.165) is 49.2 Å². The van der Waals surface area contributed by atoms with E-state index in [2.05, 4.69) is 28.5 Å². The second-order valence-corrected chi connectivity index (χ2v) is 5.94. The third kappa shape index (κ3) is 3.45. The Kier molecular flexibility index (Phi) is 5.55. The summed E-state index contributed by atoms with van der Waals surface area (Å²) in [6.45, 7) is 8.24. The van der Waals surface area contributed by atoms with Crippen molar-refractivity contribution in [3.63, 3.8) is 0 Å². The first-order chi connectivity index (χ1) is 9.19. The molecule has 0 radical (unpaired) electrons. The van der Waals surface area contributed by atoms with Crippen molar-refractivity contribution in [2.24, 2.45) is 5.92 Å². The smallest absolute Gasteiger partial charge is 0.0863 e. The molecule has 1 saturated heterocycles. The van der Waals surface area contributed by atoms with E-state index < -0.39 is 0 Å². The lowest BCUT2D eigenvalue weighted by Gasteiger charge is -2.31. The summed E-state index contributed by atoms with van der Waals surface area (Å²) in [7, 11) is 0. The molecule has 2 rings (SSSR count). The summed E-state index contributed by atoms with van der Waals surface area (Å²) >= 11 is 12.4. The van der Waals surface area contributed by atoms with Crippen molar-refractivity contribution in [1.82, 2.24) is 14.7 Å². The SMILES string of the molecule is CCc1nn(CC)c(CN2CCC(CCl)CC2)c1Cl. The van der Waals surface area contributed by atoms with Gasteiger partial charge in [-0.15, -0.1) is 11.6 Å². The molecular weight excluding hydrogens is 281 g/mol. The molecule has 1 aromatic rings. The molecule has 0 N–H and O–H groups in total. The zero-order chi connectivity index (χ0) is 13.8. The van der Waals surface area contributed by atoms with Crippen molar-refractivity contribution in [2.45, 2.75) is 46.2 Å². The number of hydrogen-bond acceptors (Lipinski definition) is 2. The molecule has 0 saturated carbocycles. The van der Waals surface area contributed by atoms with Crippen molar-refractivity contribution in [2.75, 3.05) is 19.0 Å². The van der Waals surface area contributed by atoms with E-state index in [9.17, 15) is 0 Å². The van der Waals surface area contributed by atoms with Crippen LogP contribution in [0.3, 0.4) is 0 Å². The number of nitrogens with zero attached hydrogens (tertiary/aromatic N) is 3. The highest BCUT2D eigenvalue weighted by Gasteiger charge is 2.22. The maximum atomic E-state index is 6.45. The standard InChI is InChI=1S/C14H23Cl2N3/c1-3-12-14(16)13(19(4-2)17-12)10-18-7-5-11(9-15)6-8-18/h11H,3-10H2,1-2H3. The fraction of sp³-hybridized carbons (Fsp3) is 0.786. The van der Waals surface area contributed by atoms with Crippen LogP contribution >= 0.6 is 23.2 Å². The first-order valence-electron chi connectivity index (χ1n) is 7.21. The van der Waals surface area contributed by atoms with Crippen LogP contribution in [0.25, 0.3) is 0 Å². The van der Waals surface area contributed by atoms with Crippen LogP contribution < -0.4 is 0 Å². The molecule has 1 aliphatic rings. The Balaban J connectivity index is 2.05. The quantitative estimate of drug-likeness (QED) is 0.775. The van der Waals surface area contributed by atoms with Gasteiger partial charge in [-0.25, -0.2) is 0 Å². The molecule has 0 aromatic carbocycles. The van der Waals surface area contributed by atoms with Gasteiger partial charge >= 0.3 is 0 Å². The molecule has 0 atom stereocenters. The van der Waals surface area contributed by atoms with Gasteiger partial charge in [0.25, 0.3) is 0 Å². The molecule has 1 aliphatic heterocycles. The van der Waals surface area contributed by atoms with E-state index in [0.29, 0.717) is 5.92 Å². The van der Waals surface area contributed by atoms with Crippen molar-refractivity contribution in [3.8, 4) is 0 Å². The minimum atomic E-state index is 0.690. The molecule has 1 fully saturated rings. The number of aromatic nitrogens is 2. The van der Waals surface area contributed by atoms with Gasteiger partial charge in [0.2, 0.25) is 0 Å². The summed E-state index contributed by atoms with van der Waals surface area (Å²) in [5.41, 5.74) is 2.19. The maximum Gasteiger partial charge on any atom is 0.0863 e.